The normalized spacial score (nSPS) is 17.5. The Balaban J connectivity index is 2.37. The number of hydrogen-bond donors (Lipinski definition) is 0. The van der Waals surface area contributed by atoms with Gasteiger partial charge in [-0.2, -0.15) is 0 Å². The topological polar surface area (TPSA) is 38.7 Å². The van der Waals surface area contributed by atoms with Gasteiger partial charge in [0.05, 0.1) is 11.5 Å². The molecular formula is C11H7Cl2NO2. The zero-order valence-electron chi connectivity index (χ0n) is 8.11. The van der Waals surface area contributed by atoms with Gasteiger partial charge < -0.3 is 4.84 Å². The molecule has 1 aliphatic heterocycles. The van der Waals surface area contributed by atoms with E-state index in [1.165, 1.54) is 0 Å². The van der Waals surface area contributed by atoms with E-state index in [4.69, 9.17) is 23.2 Å². The SMILES string of the molecule is O=C1ON=C(CCl)/C1=C\c1cccc(Cl)c1. The van der Waals surface area contributed by atoms with E-state index in [0.717, 1.165) is 5.56 Å². The van der Waals surface area contributed by atoms with E-state index in [1.807, 2.05) is 6.07 Å². The average Bonchev–Trinajstić information content (AvgIpc) is 2.60. The van der Waals surface area contributed by atoms with Crippen LogP contribution < -0.4 is 0 Å². The van der Waals surface area contributed by atoms with Crippen LogP contribution in [0, 0.1) is 0 Å². The first-order valence-electron chi connectivity index (χ1n) is 4.52. The Kier molecular flexibility index (Phi) is 3.27. The van der Waals surface area contributed by atoms with Gasteiger partial charge in [0, 0.05) is 5.02 Å². The molecular weight excluding hydrogens is 249 g/mol. The first-order valence-corrected chi connectivity index (χ1v) is 5.44. The Morgan fingerprint density at radius 2 is 2.25 bits per heavy atom. The van der Waals surface area contributed by atoms with E-state index < -0.39 is 5.97 Å². The largest absolute Gasteiger partial charge is 0.367 e. The molecule has 0 amide bonds. The van der Waals surface area contributed by atoms with Crippen LogP contribution in [0.3, 0.4) is 0 Å². The van der Waals surface area contributed by atoms with Crippen LogP contribution in [0.5, 0.6) is 0 Å². The first kappa shape index (κ1) is 11.2. The third kappa shape index (κ3) is 2.26. The molecule has 0 radical (unpaired) electrons. The van der Waals surface area contributed by atoms with E-state index >= 15 is 0 Å². The summed E-state index contributed by atoms with van der Waals surface area (Å²) in [5.41, 5.74) is 1.61. The van der Waals surface area contributed by atoms with Crippen molar-refractivity contribution in [1.29, 1.82) is 0 Å². The van der Waals surface area contributed by atoms with Gasteiger partial charge in [0.2, 0.25) is 0 Å². The summed E-state index contributed by atoms with van der Waals surface area (Å²) in [4.78, 5) is 15.9. The predicted molar refractivity (Wildman–Crippen MR) is 63.7 cm³/mol. The van der Waals surface area contributed by atoms with Crippen LogP contribution in [0.1, 0.15) is 5.56 Å². The minimum Gasteiger partial charge on any atom is -0.312 e. The summed E-state index contributed by atoms with van der Waals surface area (Å²) in [5, 5.41) is 4.17. The highest BCUT2D eigenvalue weighted by Gasteiger charge is 2.24. The number of carbonyl (C=O) groups excluding carboxylic acids is 1. The van der Waals surface area contributed by atoms with E-state index in [2.05, 4.69) is 9.99 Å². The van der Waals surface area contributed by atoms with Gasteiger partial charge in [-0.15, -0.1) is 11.6 Å². The van der Waals surface area contributed by atoms with Crippen molar-refractivity contribution < 1.29 is 9.63 Å². The van der Waals surface area contributed by atoms with Crippen LogP contribution in [-0.2, 0) is 9.63 Å². The molecule has 16 heavy (non-hydrogen) atoms. The van der Waals surface area contributed by atoms with Crippen LogP contribution >= 0.6 is 23.2 Å². The summed E-state index contributed by atoms with van der Waals surface area (Å²) in [5.74, 6) is -0.353. The third-order valence-electron chi connectivity index (χ3n) is 2.06. The number of rotatable bonds is 2. The Morgan fingerprint density at radius 1 is 1.44 bits per heavy atom. The zero-order chi connectivity index (χ0) is 11.5. The lowest BCUT2D eigenvalue weighted by molar-refractivity contribution is -0.136. The van der Waals surface area contributed by atoms with Gasteiger partial charge in [-0.3, -0.25) is 0 Å². The van der Waals surface area contributed by atoms with Gasteiger partial charge in [-0.1, -0.05) is 28.9 Å². The Morgan fingerprint density at radius 3 is 2.94 bits per heavy atom. The van der Waals surface area contributed by atoms with Crippen LogP contribution in [0.2, 0.25) is 5.02 Å². The van der Waals surface area contributed by atoms with Crippen LogP contribution in [-0.4, -0.2) is 17.6 Å². The Hall–Kier alpha value is -1.32. The van der Waals surface area contributed by atoms with Crippen molar-refractivity contribution in [3.8, 4) is 0 Å². The summed E-state index contributed by atoms with van der Waals surface area (Å²) < 4.78 is 0. The number of halogens is 2. The standard InChI is InChI=1S/C11H7Cl2NO2/c12-6-10-9(11(15)16-14-10)5-7-2-1-3-8(13)4-7/h1-5H,6H2/b9-5+. The van der Waals surface area contributed by atoms with E-state index in [-0.39, 0.29) is 5.88 Å². The maximum Gasteiger partial charge on any atom is 0.367 e. The van der Waals surface area contributed by atoms with Crippen LogP contribution in [0.25, 0.3) is 6.08 Å². The van der Waals surface area contributed by atoms with Crippen molar-refractivity contribution in [2.45, 2.75) is 0 Å². The molecule has 1 heterocycles. The minimum absolute atomic E-state index is 0.137. The second kappa shape index (κ2) is 4.68. The molecule has 0 saturated heterocycles. The molecule has 0 N–H and O–H groups in total. The van der Waals surface area contributed by atoms with E-state index in [9.17, 15) is 4.79 Å². The maximum atomic E-state index is 11.3. The number of oxime groups is 1. The number of alkyl halides is 1. The average molecular weight is 256 g/mol. The molecule has 0 spiro atoms. The lowest BCUT2D eigenvalue weighted by atomic mass is 10.1. The van der Waals surface area contributed by atoms with Crippen molar-refractivity contribution in [3.05, 3.63) is 40.4 Å². The second-order valence-electron chi connectivity index (χ2n) is 3.16. The first-order chi connectivity index (χ1) is 7.70. The lowest BCUT2D eigenvalue weighted by Crippen LogP contribution is -2.06. The zero-order valence-corrected chi connectivity index (χ0v) is 9.63. The summed E-state index contributed by atoms with van der Waals surface area (Å²) in [6.07, 6.45) is 1.66. The van der Waals surface area contributed by atoms with Gasteiger partial charge >= 0.3 is 5.97 Å². The van der Waals surface area contributed by atoms with Gasteiger partial charge in [0.1, 0.15) is 5.71 Å². The van der Waals surface area contributed by atoms with Gasteiger partial charge in [-0.25, -0.2) is 4.79 Å². The minimum atomic E-state index is -0.490. The summed E-state index contributed by atoms with van der Waals surface area (Å²) in [6.45, 7) is 0. The van der Waals surface area contributed by atoms with Gasteiger partial charge in [0.15, 0.2) is 0 Å². The molecule has 0 bridgehead atoms. The molecule has 2 rings (SSSR count). The molecule has 0 saturated carbocycles. The summed E-state index contributed by atoms with van der Waals surface area (Å²) in [6, 6.07) is 7.13. The summed E-state index contributed by atoms with van der Waals surface area (Å²) >= 11 is 11.5. The monoisotopic (exact) mass is 255 g/mol. The maximum absolute atomic E-state index is 11.3. The highest BCUT2D eigenvalue weighted by Crippen LogP contribution is 2.18. The highest BCUT2D eigenvalue weighted by molar-refractivity contribution is 6.38. The fraction of sp³-hybridized carbons (Fsp3) is 0.0909. The molecule has 3 nitrogen and oxygen atoms in total. The second-order valence-corrected chi connectivity index (χ2v) is 3.87. The van der Waals surface area contributed by atoms with Gasteiger partial charge in [0.25, 0.3) is 0 Å². The van der Waals surface area contributed by atoms with Crippen molar-refractivity contribution in [3.63, 3.8) is 0 Å². The van der Waals surface area contributed by atoms with E-state index in [1.54, 1.807) is 24.3 Å². The highest BCUT2D eigenvalue weighted by atomic mass is 35.5. The molecule has 0 atom stereocenters. The lowest BCUT2D eigenvalue weighted by Gasteiger charge is -1.97. The van der Waals surface area contributed by atoms with Gasteiger partial charge in [-0.05, 0) is 23.8 Å². The number of benzene rings is 1. The summed E-state index contributed by atoms with van der Waals surface area (Å²) in [7, 11) is 0. The smallest absolute Gasteiger partial charge is 0.312 e. The fourth-order valence-electron chi connectivity index (χ4n) is 1.31. The number of hydrogen-bond acceptors (Lipinski definition) is 3. The number of carbonyl (C=O) groups is 1. The molecule has 5 heteroatoms. The third-order valence-corrected chi connectivity index (χ3v) is 2.54. The number of nitrogens with zero attached hydrogens (tertiary/aromatic N) is 1. The van der Waals surface area contributed by atoms with Crippen molar-refractivity contribution in [2.75, 3.05) is 5.88 Å². The molecule has 82 valence electrons. The van der Waals surface area contributed by atoms with Crippen molar-refractivity contribution in [2.24, 2.45) is 5.16 Å². The molecule has 0 fully saturated rings. The van der Waals surface area contributed by atoms with Crippen molar-refractivity contribution in [1.82, 2.24) is 0 Å². The Bertz CT molecular complexity index is 495. The van der Waals surface area contributed by atoms with Crippen LogP contribution in [0.15, 0.2) is 35.0 Å². The molecule has 1 aromatic rings. The Labute approximate surface area is 102 Å². The molecule has 0 aliphatic carbocycles. The molecule has 0 aromatic heterocycles. The quantitative estimate of drug-likeness (QED) is 0.463. The molecule has 1 aromatic carbocycles. The van der Waals surface area contributed by atoms with Crippen molar-refractivity contribution >= 4 is 41.0 Å². The predicted octanol–water partition coefficient (Wildman–Crippen LogP) is 2.88. The molecule has 1 aliphatic rings. The van der Waals surface area contributed by atoms with E-state index in [0.29, 0.717) is 16.3 Å². The fourth-order valence-corrected chi connectivity index (χ4v) is 1.71. The van der Waals surface area contributed by atoms with Crippen LogP contribution in [0.4, 0.5) is 0 Å². The molecule has 0 unspecified atom stereocenters.